The number of Topliss-reactive ketones (excluding diaryl/α,β-unsaturated/α-hetero) is 1. The topological polar surface area (TPSA) is 55.4 Å². The third-order valence-corrected chi connectivity index (χ3v) is 8.44. The molecule has 2 bridgehead atoms. The lowest BCUT2D eigenvalue weighted by atomic mass is 9.82. The molecule has 0 spiro atoms. The SMILES string of the molecule is O=C(C[N+]12CCC(CC1)[C@@H](OC(=O)[C@@H](Nc1ccccc1)c1ccccc1)C2)C1CC=CS1. The van der Waals surface area contributed by atoms with Gasteiger partial charge in [-0.1, -0.05) is 54.6 Å². The number of piperidine rings is 3. The van der Waals surface area contributed by atoms with E-state index in [1.54, 1.807) is 11.8 Å². The molecule has 0 amide bonds. The second-order valence-electron chi connectivity index (χ2n) is 9.49. The van der Waals surface area contributed by atoms with E-state index < -0.39 is 6.04 Å². The van der Waals surface area contributed by atoms with Crippen LogP contribution in [0.3, 0.4) is 0 Å². The van der Waals surface area contributed by atoms with Crippen LogP contribution in [0.4, 0.5) is 5.69 Å². The molecule has 4 aliphatic rings. The van der Waals surface area contributed by atoms with Crippen LogP contribution in [-0.2, 0) is 14.3 Å². The molecule has 5 nitrogen and oxygen atoms in total. The Labute approximate surface area is 199 Å². The molecule has 33 heavy (non-hydrogen) atoms. The zero-order valence-corrected chi connectivity index (χ0v) is 19.6. The summed E-state index contributed by atoms with van der Waals surface area (Å²) < 4.78 is 6.97. The maximum atomic E-state index is 13.5. The molecule has 6 heteroatoms. The smallest absolute Gasteiger partial charge is 0.333 e. The van der Waals surface area contributed by atoms with E-state index in [-0.39, 0.29) is 17.3 Å². The van der Waals surface area contributed by atoms with Gasteiger partial charge in [0.05, 0.1) is 18.3 Å². The molecule has 0 saturated carbocycles. The number of anilines is 1. The van der Waals surface area contributed by atoms with Crippen LogP contribution < -0.4 is 5.32 Å². The number of rotatable bonds is 8. The molecule has 0 aliphatic carbocycles. The van der Waals surface area contributed by atoms with Crippen molar-refractivity contribution < 1.29 is 18.8 Å². The highest BCUT2D eigenvalue weighted by atomic mass is 32.2. The van der Waals surface area contributed by atoms with Crippen molar-refractivity contribution in [2.24, 2.45) is 5.92 Å². The summed E-state index contributed by atoms with van der Waals surface area (Å²) >= 11 is 1.64. The number of thioether (sulfide) groups is 1. The number of nitrogens with zero attached hydrogens (tertiary/aromatic N) is 1. The molecule has 3 atom stereocenters. The second-order valence-corrected chi connectivity index (χ2v) is 10.6. The molecular formula is C27H31N2O3S+. The van der Waals surface area contributed by atoms with Crippen LogP contribution in [0, 0.1) is 5.92 Å². The number of quaternary nitrogens is 1. The van der Waals surface area contributed by atoms with Crippen LogP contribution in [0.5, 0.6) is 0 Å². The Hall–Kier alpha value is -2.57. The van der Waals surface area contributed by atoms with Crippen LogP contribution in [0.1, 0.15) is 30.9 Å². The first-order valence-electron chi connectivity index (χ1n) is 11.9. The molecule has 4 heterocycles. The summed E-state index contributed by atoms with van der Waals surface area (Å²) in [5, 5.41) is 5.47. The van der Waals surface area contributed by atoms with Crippen molar-refractivity contribution in [3.8, 4) is 0 Å². The predicted molar refractivity (Wildman–Crippen MR) is 132 cm³/mol. The number of hydrogen-bond acceptors (Lipinski definition) is 5. The van der Waals surface area contributed by atoms with Gasteiger partial charge < -0.3 is 14.5 Å². The first-order valence-corrected chi connectivity index (χ1v) is 12.8. The maximum Gasteiger partial charge on any atom is 0.333 e. The van der Waals surface area contributed by atoms with Crippen LogP contribution >= 0.6 is 11.8 Å². The van der Waals surface area contributed by atoms with E-state index in [0.29, 0.717) is 18.2 Å². The lowest BCUT2D eigenvalue weighted by Gasteiger charge is -2.51. The standard InChI is InChI=1S/C27H31N2O3S/c30-23(25-12-7-17-33-25)18-29-15-13-20(14-16-29)24(19-29)32-27(31)26(21-8-3-1-4-9-21)28-22-10-5-2-6-11-22/h1-11,17,20,24-26,28H,12-16,18-19H2/q+1/t20?,24-,25?,26-,29?/m0/s1. The minimum Gasteiger partial charge on any atom is -0.454 e. The van der Waals surface area contributed by atoms with Gasteiger partial charge in [0.1, 0.15) is 13.1 Å². The summed E-state index contributed by atoms with van der Waals surface area (Å²) in [6.45, 7) is 3.34. The van der Waals surface area contributed by atoms with Crippen molar-refractivity contribution in [1.29, 1.82) is 0 Å². The number of ether oxygens (including phenoxy) is 1. The molecule has 172 valence electrons. The first kappa shape index (κ1) is 22.2. The Morgan fingerprint density at radius 1 is 1.03 bits per heavy atom. The fourth-order valence-corrected chi connectivity index (χ4v) is 6.30. The number of carbonyl (C=O) groups excluding carboxylic acids is 2. The van der Waals surface area contributed by atoms with E-state index in [1.165, 1.54) is 0 Å². The van der Waals surface area contributed by atoms with Gasteiger partial charge in [-0.3, -0.25) is 4.79 Å². The predicted octanol–water partition coefficient (Wildman–Crippen LogP) is 4.58. The van der Waals surface area contributed by atoms with Crippen LogP contribution in [0.25, 0.3) is 0 Å². The summed E-state index contributed by atoms with van der Waals surface area (Å²) in [5.74, 6) is 0.479. The number of allylic oxidation sites excluding steroid dienone is 1. The van der Waals surface area contributed by atoms with E-state index in [2.05, 4.69) is 11.4 Å². The summed E-state index contributed by atoms with van der Waals surface area (Å²) in [5.41, 5.74) is 1.77. The lowest BCUT2D eigenvalue weighted by Crippen LogP contribution is -2.66. The Balaban J connectivity index is 1.29. The van der Waals surface area contributed by atoms with Gasteiger partial charge in [-0.2, -0.15) is 0 Å². The Morgan fingerprint density at radius 2 is 1.73 bits per heavy atom. The van der Waals surface area contributed by atoms with Crippen LogP contribution in [0.15, 0.2) is 72.1 Å². The van der Waals surface area contributed by atoms with Gasteiger partial charge in [-0.05, 0) is 29.5 Å². The van der Waals surface area contributed by atoms with Gasteiger partial charge in [0.15, 0.2) is 17.9 Å². The second kappa shape index (κ2) is 9.74. The Bertz CT molecular complexity index is 995. The summed E-state index contributed by atoms with van der Waals surface area (Å²) in [4.78, 5) is 26.4. The van der Waals surface area contributed by atoms with Crippen molar-refractivity contribution in [2.75, 3.05) is 31.5 Å². The molecule has 1 unspecified atom stereocenters. The molecule has 3 saturated heterocycles. The van der Waals surface area contributed by atoms with E-state index in [4.69, 9.17) is 4.74 Å². The third-order valence-electron chi connectivity index (χ3n) is 7.30. The number of hydrogen-bond donors (Lipinski definition) is 1. The molecule has 1 N–H and O–H groups in total. The normalized spacial score (nSPS) is 28.9. The quantitative estimate of drug-likeness (QED) is 0.459. The number of fused-ring (bicyclic) bond motifs is 3. The number of esters is 1. The zero-order chi connectivity index (χ0) is 22.7. The number of ketones is 1. The van der Waals surface area contributed by atoms with Gasteiger partial charge in [0, 0.05) is 24.4 Å². The van der Waals surface area contributed by atoms with E-state index >= 15 is 0 Å². The number of carbonyl (C=O) groups is 2. The van der Waals surface area contributed by atoms with Crippen molar-refractivity contribution in [1.82, 2.24) is 0 Å². The fraction of sp³-hybridized carbons (Fsp3) is 0.407. The van der Waals surface area contributed by atoms with Gasteiger partial charge in [-0.15, -0.1) is 11.8 Å². The highest BCUT2D eigenvalue weighted by Gasteiger charge is 2.49. The minimum absolute atomic E-state index is 0.0654. The Kier molecular flexibility index (Phi) is 6.56. The van der Waals surface area contributed by atoms with Gasteiger partial charge in [-0.25, -0.2) is 4.79 Å². The van der Waals surface area contributed by atoms with Gasteiger partial charge in [0.2, 0.25) is 0 Å². The van der Waals surface area contributed by atoms with Crippen molar-refractivity contribution in [3.05, 3.63) is 77.7 Å². The number of benzene rings is 2. The molecule has 2 aromatic carbocycles. The van der Waals surface area contributed by atoms with Gasteiger partial charge >= 0.3 is 5.97 Å². The summed E-state index contributed by atoms with van der Waals surface area (Å²) in [6, 6.07) is 19.0. The highest BCUT2D eigenvalue weighted by molar-refractivity contribution is 8.03. The average molecular weight is 464 g/mol. The van der Waals surface area contributed by atoms with Crippen LogP contribution in [-0.4, -0.2) is 53.8 Å². The molecule has 4 aliphatic heterocycles. The third kappa shape index (κ3) is 5.02. The first-order chi connectivity index (χ1) is 16.1. The van der Waals surface area contributed by atoms with E-state index in [1.807, 2.05) is 66.1 Å². The number of para-hydroxylation sites is 1. The maximum absolute atomic E-state index is 13.5. The summed E-state index contributed by atoms with van der Waals surface area (Å²) in [6.07, 6.45) is 4.83. The molecule has 2 aromatic rings. The van der Waals surface area contributed by atoms with Gasteiger partial charge in [0.25, 0.3) is 0 Å². The zero-order valence-electron chi connectivity index (χ0n) is 18.8. The number of nitrogens with one attached hydrogen (secondary N) is 1. The van der Waals surface area contributed by atoms with Crippen molar-refractivity contribution in [2.45, 2.75) is 36.7 Å². The minimum atomic E-state index is -0.569. The van der Waals surface area contributed by atoms with Crippen LogP contribution in [0.2, 0.25) is 0 Å². The molecule has 0 radical (unpaired) electrons. The fourth-order valence-electron chi connectivity index (χ4n) is 5.44. The average Bonchev–Trinajstić information content (AvgIpc) is 3.40. The molecule has 3 fully saturated rings. The largest absolute Gasteiger partial charge is 0.454 e. The monoisotopic (exact) mass is 463 g/mol. The van der Waals surface area contributed by atoms with E-state index in [9.17, 15) is 9.59 Å². The van der Waals surface area contributed by atoms with Crippen molar-refractivity contribution >= 4 is 29.2 Å². The molecule has 6 rings (SSSR count). The highest BCUT2D eigenvalue weighted by Crippen LogP contribution is 2.37. The van der Waals surface area contributed by atoms with Crippen molar-refractivity contribution in [3.63, 3.8) is 0 Å². The molecular weight excluding hydrogens is 432 g/mol. The Morgan fingerprint density at radius 3 is 2.39 bits per heavy atom. The molecule has 0 aromatic heterocycles. The van der Waals surface area contributed by atoms with E-state index in [0.717, 1.165) is 54.6 Å². The lowest BCUT2D eigenvalue weighted by molar-refractivity contribution is -0.939. The summed E-state index contributed by atoms with van der Waals surface area (Å²) in [7, 11) is 0.